The zero-order valence-electron chi connectivity index (χ0n) is 26.2. The van der Waals surface area contributed by atoms with Crippen molar-refractivity contribution < 1.29 is 9.59 Å². The second kappa shape index (κ2) is 13.6. The van der Waals surface area contributed by atoms with Crippen LogP contribution in [0.4, 0.5) is 4.79 Å². The lowest BCUT2D eigenvalue weighted by atomic mass is 9.96. The number of nitrogens with one attached hydrogen (secondary N) is 2. The highest BCUT2D eigenvalue weighted by Gasteiger charge is 2.36. The number of aromatic nitrogens is 6. The molecule has 2 atom stereocenters. The Bertz CT molecular complexity index is 1680. The number of carbonyl (C=O) groups excluding carboxylic acids is 2. The summed E-state index contributed by atoms with van der Waals surface area (Å²) in [6.07, 6.45) is 8.48. The van der Waals surface area contributed by atoms with E-state index in [0.717, 1.165) is 72.0 Å². The van der Waals surface area contributed by atoms with Crippen molar-refractivity contribution in [3.05, 3.63) is 75.7 Å². The van der Waals surface area contributed by atoms with Gasteiger partial charge in [0.15, 0.2) is 0 Å². The molecule has 4 aromatic rings. The van der Waals surface area contributed by atoms with E-state index in [1.165, 1.54) is 0 Å². The van der Waals surface area contributed by atoms with E-state index in [4.69, 9.17) is 0 Å². The van der Waals surface area contributed by atoms with Crippen LogP contribution in [0.15, 0.2) is 53.3 Å². The molecule has 1 saturated heterocycles. The van der Waals surface area contributed by atoms with E-state index in [0.29, 0.717) is 44.6 Å². The number of H-pyrrole nitrogens is 1. The molecule has 2 aromatic heterocycles. The number of fused-ring (bicyclic) bond motifs is 1. The van der Waals surface area contributed by atoms with Gasteiger partial charge in [-0.05, 0) is 73.8 Å². The van der Waals surface area contributed by atoms with Crippen LogP contribution in [-0.2, 0) is 17.6 Å². The van der Waals surface area contributed by atoms with Gasteiger partial charge in [0.25, 0.3) is 11.5 Å². The number of unbranched alkanes of at least 4 members (excludes halogenated alkanes) is 2. The van der Waals surface area contributed by atoms with Crippen LogP contribution in [0.1, 0.15) is 94.1 Å². The zero-order chi connectivity index (χ0) is 31.3. The summed E-state index contributed by atoms with van der Waals surface area (Å²) in [4.78, 5) is 42.4. The summed E-state index contributed by atoms with van der Waals surface area (Å²) in [6, 6.07) is 15.2. The monoisotopic (exact) mass is 610 g/mol. The third-order valence-electron chi connectivity index (χ3n) is 9.25. The maximum atomic E-state index is 14.1. The summed E-state index contributed by atoms with van der Waals surface area (Å²) in [7, 11) is 0. The highest BCUT2D eigenvalue weighted by molar-refractivity contribution is 5.96. The van der Waals surface area contributed by atoms with Gasteiger partial charge in [0.05, 0.1) is 6.04 Å². The summed E-state index contributed by atoms with van der Waals surface area (Å²) in [5.41, 5.74) is 5.51. The number of aromatic amines is 1. The third kappa shape index (κ3) is 6.34. The minimum atomic E-state index is -0.600. The molecule has 0 bridgehead atoms. The number of benzene rings is 2. The van der Waals surface area contributed by atoms with E-state index in [9.17, 15) is 14.4 Å². The molecular weight excluding hydrogens is 568 g/mol. The number of rotatable bonds is 9. The van der Waals surface area contributed by atoms with Crippen LogP contribution >= 0.6 is 0 Å². The van der Waals surface area contributed by atoms with Crippen LogP contribution in [0, 0.1) is 0 Å². The molecule has 45 heavy (non-hydrogen) atoms. The molecule has 0 radical (unpaired) electrons. The van der Waals surface area contributed by atoms with Crippen molar-refractivity contribution in [1.29, 1.82) is 0 Å². The number of imide groups is 1. The molecule has 2 unspecified atom stereocenters. The van der Waals surface area contributed by atoms with Gasteiger partial charge in [0.2, 0.25) is 5.82 Å². The van der Waals surface area contributed by atoms with Gasteiger partial charge in [0, 0.05) is 36.3 Å². The maximum absolute atomic E-state index is 14.1. The number of piperidine rings is 1. The van der Waals surface area contributed by atoms with E-state index in [2.05, 4.69) is 57.1 Å². The molecule has 2 aromatic carbocycles. The fraction of sp³-hybridized carbons (Fsp3) is 0.471. The number of hydrogen-bond acceptors (Lipinski definition) is 6. The Balaban J connectivity index is 1.31. The Labute approximate surface area is 263 Å². The maximum Gasteiger partial charge on any atom is 0.324 e. The van der Waals surface area contributed by atoms with E-state index < -0.39 is 6.04 Å². The fourth-order valence-corrected chi connectivity index (χ4v) is 6.83. The fourth-order valence-electron chi connectivity index (χ4n) is 6.83. The Morgan fingerprint density at radius 2 is 1.71 bits per heavy atom. The number of hydrogen-bond donors (Lipinski definition) is 2. The van der Waals surface area contributed by atoms with Crippen molar-refractivity contribution in [3.63, 3.8) is 0 Å². The SMILES string of the molecule is CCCCCc1c(Cc2ccc(-c3ccccc3-c3nn[nH]n3)cc2)c(=O)n2n1C(C(=O)NC(=O)N1CCCCC1)CCC2C. The largest absolute Gasteiger partial charge is 0.324 e. The highest BCUT2D eigenvalue weighted by atomic mass is 16.2. The first kappa shape index (κ1) is 30.5. The number of amides is 3. The second-order valence-corrected chi connectivity index (χ2v) is 12.3. The van der Waals surface area contributed by atoms with Gasteiger partial charge in [-0.1, -0.05) is 68.3 Å². The standard InChI is InChI=1S/C34H42N8O3/c1-3-4-6-13-29-28(22-24-15-17-25(18-16-24)26-11-7-8-12-27(26)31-36-38-39-37-31)33(44)41-23(2)14-19-30(42(29)41)32(43)35-34(45)40-20-9-5-10-21-40/h7-8,11-12,15-18,23,30H,3-6,9-10,13-14,19-22H2,1-2H3,(H,35,43,45)(H,36,37,38,39). The lowest BCUT2D eigenvalue weighted by molar-refractivity contribution is -0.125. The van der Waals surface area contributed by atoms with Crippen LogP contribution in [0.5, 0.6) is 0 Å². The second-order valence-electron chi connectivity index (χ2n) is 12.3. The van der Waals surface area contributed by atoms with Gasteiger partial charge in [-0.3, -0.25) is 19.6 Å². The normalized spacial score (nSPS) is 18.0. The van der Waals surface area contributed by atoms with Crippen LogP contribution in [-0.4, -0.2) is 59.9 Å². The molecule has 3 amide bonds. The lowest BCUT2D eigenvalue weighted by Gasteiger charge is -2.33. The Kier molecular flexibility index (Phi) is 9.23. The number of carbonyl (C=O) groups is 2. The van der Waals surface area contributed by atoms with Gasteiger partial charge in [-0.2, -0.15) is 5.21 Å². The summed E-state index contributed by atoms with van der Waals surface area (Å²) < 4.78 is 3.72. The Hall–Kier alpha value is -4.54. The first-order valence-electron chi connectivity index (χ1n) is 16.3. The van der Waals surface area contributed by atoms with Crippen LogP contribution < -0.4 is 10.9 Å². The van der Waals surface area contributed by atoms with Crippen molar-refractivity contribution in [3.8, 4) is 22.5 Å². The van der Waals surface area contributed by atoms with Gasteiger partial charge >= 0.3 is 6.03 Å². The van der Waals surface area contributed by atoms with Crippen molar-refractivity contribution in [2.45, 2.75) is 90.1 Å². The third-order valence-corrected chi connectivity index (χ3v) is 9.25. The Morgan fingerprint density at radius 1 is 0.956 bits per heavy atom. The minimum Gasteiger partial charge on any atom is -0.324 e. The summed E-state index contributed by atoms with van der Waals surface area (Å²) >= 11 is 0. The Morgan fingerprint density at radius 3 is 2.42 bits per heavy atom. The molecule has 0 aliphatic carbocycles. The van der Waals surface area contributed by atoms with E-state index in [1.54, 1.807) is 9.58 Å². The number of nitrogens with zero attached hydrogens (tertiary/aromatic N) is 6. The van der Waals surface area contributed by atoms with Crippen molar-refractivity contribution in [1.82, 2.24) is 40.2 Å². The molecular formula is C34H42N8O3. The molecule has 0 spiro atoms. The summed E-state index contributed by atoms with van der Waals surface area (Å²) in [6.45, 7) is 5.54. The van der Waals surface area contributed by atoms with Crippen molar-refractivity contribution >= 4 is 11.9 Å². The first-order valence-corrected chi connectivity index (χ1v) is 16.3. The number of urea groups is 1. The molecule has 0 saturated carbocycles. The van der Waals surface area contributed by atoms with Gasteiger partial charge in [-0.25, -0.2) is 9.48 Å². The predicted octanol–water partition coefficient (Wildman–Crippen LogP) is 5.44. The summed E-state index contributed by atoms with van der Waals surface area (Å²) in [5, 5.41) is 17.2. The first-order chi connectivity index (χ1) is 22.0. The van der Waals surface area contributed by atoms with E-state index in [1.807, 2.05) is 35.9 Å². The van der Waals surface area contributed by atoms with E-state index >= 15 is 0 Å². The van der Waals surface area contributed by atoms with Crippen LogP contribution in [0.2, 0.25) is 0 Å². The van der Waals surface area contributed by atoms with Gasteiger partial charge in [0.1, 0.15) is 6.04 Å². The molecule has 2 N–H and O–H groups in total. The topological polar surface area (TPSA) is 131 Å². The minimum absolute atomic E-state index is 0.0398. The molecule has 2 aliphatic rings. The van der Waals surface area contributed by atoms with E-state index in [-0.39, 0.29) is 23.5 Å². The average molecular weight is 611 g/mol. The van der Waals surface area contributed by atoms with Crippen molar-refractivity contribution in [2.75, 3.05) is 13.1 Å². The quantitative estimate of drug-likeness (QED) is 0.243. The molecule has 6 rings (SSSR count). The molecule has 4 heterocycles. The zero-order valence-corrected chi connectivity index (χ0v) is 26.2. The predicted molar refractivity (Wildman–Crippen MR) is 172 cm³/mol. The number of likely N-dealkylation sites (tertiary alicyclic amines) is 1. The smallest absolute Gasteiger partial charge is 0.324 e. The van der Waals surface area contributed by atoms with Gasteiger partial charge in [-0.15, -0.1) is 10.2 Å². The molecule has 11 heteroatoms. The molecule has 1 fully saturated rings. The lowest BCUT2D eigenvalue weighted by Crippen LogP contribution is -2.49. The number of tetrazole rings is 1. The van der Waals surface area contributed by atoms with Crippen LogP contribution in [0.25, 0.3) is 22.5 Å². The summed E-state index contributed by atoms with van der Waals surface area (Å²) in [5.74, 6) is 0.207. The molecule has 11 nitrogen and oxygen atoms in total. The van der Waals surface area contributed by atoms with Gasteiger partial charge < -0.3 is 4.90 Å². The highest BCUT2D eigenvalue weighted by Crippen LogP contribution is 2.33. The molecule has 236 valence electrons. The van der Waals surface area contributed by atoms with Crippen LogP contribution in [0.3, 0.4) is 0 Å². The van der Waals surface area contributed by atoms with Crippen molar-refractivity contribution in [2.24, 2.45) is 0 Å². The molecule has 2 aliphatic heterocycles. The average Bonchev–Trinajstić information content (AvgIpc) is 3.70.